The highest BCUT2D eigenvalue weighted by atomic mass is 16.7. The minimum atomic E-state index is -1.36. The molecule has 0 bridgehead atoms. The Morgan fingerprint density at radius 2 is 0.794 bits per heavy atom. The molecule has 68 heavy (non-hydrogen) atoms. The van der Waals surface area contributed by atoms with Crippen LogP contribution in [0, 0.1) is 0 Å². The van der Waals surface area contributed by atoms with E-state index in [9.17, 15) is 10.6 Å². The van der Waals surface area contributed by atoms with Crippen LogP contribution in [0.4, 0.5) is 0 Å². The van der Waals surface area contributed by atoms with Crippen LogP contribution in [0.25, 0.3) is 10.4 Å². The SMILES string of the molecule is CO[C@H]1[C@@H](O)[C@H](O[C@H]2O[C@H](COCc3ccccc3)[C@@H](OCc3ccccc3)[C@H](OCc3ccccc3)[C@H]2N=[N+]=[N-])[C@@H](OCc2ccccc2)[C@H](OCc2ccccc2)[C@H]1OCc1ccccc1. The second-order valence-corrected chi connectivity index (χ2v) is 16.8. The fourth-order valence-electron chi connectivity index (χ4n) is 8.71. The Morgan fingerprint density at radius 1 is 0.456 bits per heavy atom. The minimum absolute atomic E-state index is 0.0580. The van der Waals surface area contributed by atoms with Gasteiger partial charge < -0.3 is 47.7 Å². The predicted octanol–water partition coefficient (Wildman–Crippen LogP) is 9.31. The van der Waals surface area contributed by atoms with Crippen LogP contribution in [0.5, 0.6) is 0 Å². The standard InChI is InChI=1S/C55H59N3O10/c1-60-50-47(59)51(53(65-36-43-28-16-6-17-29-43)54(66-37-44-30-18-7-19-31-44)52(50)64-35-42-26-14-5-15-27-42)68-55-46(57-58-56)49(63-34-41-24-12-4-13-25-41)48(62-33-40-22-10-3-11-23-40)45(67-55)38-61-32-39-20-8-2-9-21-39/h2-31,45-55,59H,32-38H2,1H3/t45-,46-,47-,48-,49-,50+,51+,52+,53-,54-,55-/m1/s1. The van der Waals surface area contributed by atoms with E-state index in [0.717, 1.165) is 33.4 Å². The maximum absolute atomic E-state index is 12.6. The maximum Gasteiger partial charge on any atom is 0.169 e. The molecule has 8 rings (SSSR count). The third-order valence-electron chi connectivity index (χ3n) is 12.2. The van der Waals surface area contributed by atoms with Crippen molar-refractivity contribution in [1.29, 1.82) is 0 Å². The molecule has 354 valence electrons. The van der Waals surface area contributed by atoms with Crippen molar-refractivity contribution in [2.45, 2.75) is 107 Å². The van der Waals surface area contributed by atoms with Crippen LogP contribution in [0.3, 0.4) is 0 Å². The van der Waals surface area contributed by atoms with Crippen LogP contribution in [-0.4, -0.2) is 86.1 Å². The fraction of sp³-hybridized carbons (Fsp3) is 0.345. The molecule has 0 radical (unpaired) electrons. The van der Waals surface area contributed by atoms with E-state index in [0.29, 0.717) is 6.61 Å². The molecule has 1 aliphatic heterocycles. The van der Waals surface area contributed by atoms with Gasteiger partial charge in [-0.3, -0.25) is 0 Å². The molecule has 1 saturated heterocycles. The summed E-state index contributed by atoms with van der Waals surface area (Å²) in [4.78, 5) is 3.31. The summed E-state index contributed by atoms with van der Waals surface area (Å²) >= 11 is 0. The number of nitrogens with zero attached hydrogens (tertiary/aromatic N) is 3. The van der Waals surface area contributed by atoms with E-state index in [-0.39, 0.29) is 39.6 Å². The van der Waals surface area contributed by atoms with Crippen molar-refractivity contribution in [3.8, 4) is 0 Å². The van der Waals surface area contributed by atoms with Gasteiger partial charge in [0, 0.05) is 12.0 Å². The van der Waals surface area contributed by atoms with Gasteiger partial charge in [-0.1, -0.05) is 187 Å². The summed E-state index contributed by atoms with van der Waals surface area (Å²) in [6, 6.07) is 57.5. The summed E-state index contributed by atoms with van der Waals surface area (Å²) in [6.07, 6.45) is -10.1. The van der Waals surface area contributed by atoms with E-state index >= 15 is 0 Å². The van der Waals surface area contributed by atoms with Gasteiger partial charge >= 0.3 is 0 Å². The normalized spacial score (nSPS) is 25.9. The Balaban J connectivity index is 1.16. The van der Waals surface area contributed by atoms with Crippen LogP contribution >= 0.6 is 0 Å². The zero-order chi connectivity index (χ0) is 46.8. The fourth-order valence-corrected chi connectivity index (χ4v) is 8.71. The number of rotatable bonds is 23. The first kappa shape index (κ1) is 48.7. The van der Waals surface area contributed by atoms with E-state index in [4.69, 9.17) is 42.6 Å². The van der Waals surface area contributed by atoms with E-state index in [1.165, 1.54) is 7.11 Å². The van der Waals surface area contributed by atoms with Crippen molar-refractivity contribution < 1.29 is 47.7 Å². The van der Waals surface area contributed by atoms with E-state index in [1.807, 2.05) is 182 Å². The van der Waals surface area contributed by atoms with Crippen molar-refractivity contribution in [2.75, 3.05) is 13.7 Å². The summed E-state index contributed by atoms with van der Waals surface area (Å²) in [5.74, 6) is 0. The molecular formula is C55H59N3O10. The van der Waals surface area contributed by atoms with Crippen LogP contribution in [0.2, 0.25) is 0 Å². The van der Waals surface area contributed by atoms with Crippen molar-refractivity contribution in [2.24, 2.45) is 5.11 Å². The molecule has 13 nitrogen and oxygen atoms in total. The number of benzene rings is 6. The van der Waals surface area contributed by atoms with Crippen molar-refractivity contribution >= 4 is 0 Å². The number of methoxy groups -OCH3 is 1. The molecule has 2 fully saturated rings. The third kappa shape index (κ3) is 13.3. The smallest absolute Gasteiger partial charge is 0.169 e. The van der Waals surface area contributed by atoms with Gasteiger partial charge in [-0.05, 0) is 38.9 Å². The molecular weight excluding hydrogens is 863 g/mol. The first-order valence-electron chi connectivity index (χ1n) is 23.0. The topological polar surface area (TPSA) is 152 Å². The molecule has 0 spiro atoms. The van der Waals surface area contributed by atoms with Gasteiger partial charge in [0.1, 0.15) is 61.0 Å². The maximum atomic E-state index is 12.6. The molecule has 1 heterocycles. The summed E-state index contributed by atoms with van der Waals surface area (Å²) < 4.78 is 60.4. The second kappa shape index (κ2) is 25.6. The van der Waals surface area contributed by atoms with E-state index in [1.54, 1.807) is 0 Å². The lowest BCUT2D eigenvalue weighted by Crippen LogP contribution is -2.69. The lowest BCUT2D eigenvalue weighted by Gasteiger charge is -2.51. The van der Waals surface area contributed by atoms with Gasteiger partial charge in [-0.25, -0.2) is 0 Å². The highest BCUT2D eigenvalue weighted by Gasteiger charge is 2.56. The quantitative estimate of drug-likeness (QED) is 0.0374. The van der Waals surface area contributed by atoms with Gasteiger partial charge in [0.2, 0.25) is 0 Å². The molecule has 0 unspecified atom stereocenters. The zero-order valence-electron chi connectivity index (χ0n) is 38.1. The molecule has 2 aliphatic rings. The summed E-state index contributed by atoms with van der Waals surface area (Å²) in [5, 5.41) is 16.9. The number of hydrogen-bond acceptors (Lipinski definition) is 11. The molecule has 11 atom stereocenters. The summed E-state index contributed by atoms with van der Waals surface area (Å²) in [7, 11) is 1.52. The Kier molecular flexibility index (Phi) is 18.3. The monoisotopic (exact) mass is 921 g/mol. The lowest BCUT2D eigenvalue weighted by molar-refractivity contribution is -0.336. The molecule has 1 aliphatic carbocycles. The van der Waals surface area contributed by atoms with Crippen LogP contribution in [0.1, 0.15) is 33.4 Å². The number of aliphatic hydroxyl groups is 1. The molecule has 1 saturated carbocycles. The summed E-state index contributed by atoms with van der Waals surface area (Å²) in [5.41, 5.74) is 15.8. The second-order valence-electron chi connectivity index (χ2n) is 16.8. The first-order chi connectivity index (χ1) is 33.6. The average Bonchev–Trinajstić information content (AvgIpc) is 3.39. The van der Waals surface area contributed by atoms with Gasteiger partial charge in [0.05, 0.1) is 46.2 Å². The number of ether oxygens (including phenoxy) is 9. The van der Waals surface area contributed by atoms with Gasteiger partial charge in [-0.2, -0.15) is 0 Å². The van der Waals surface area contributed by atoms with Crippen LogP contribution in [0.15, 0.2) is 187 Å². The van der Waals surface area contributed by atoms with Gasteiger partial charge in [-0.15, -0.1) is 0 Å². The minimum Gasteiger partial charge on any atom is -0.387 e. The Labute approximate surface area is 398 Å². The largest absolute Gasteiger partial charge is 0.387 e. The third-order valence-corrected chi connectivity index (χ3v) is 12.2. The molecule has 0 amide bonds. The van der Waals surface area contributed by atoms with Crippen molar-refractivity contribution in [1.82, 2.24) is 0 Å². The number of hydrogen-bond donors (Lipinski definition) is 1. The number of azide groups is 1. The van der Waals surface area contributed by atoms with Crippen LogP contribution < -0.4 is 0 Å². The van der Waals surface area contributed by atoms with Crippen molar-refractivity contribution in [3.63, 3.8) is 0 Å². The number of aliphatic hydroxyl groups excluding tert-OH is 1. The molecule has 13 heteroatoms. The molecule has 0 aromatic heterocycles. The van der Waals surface area contributed by atoms with Crippen molar-refractivity contribution in [3.05, 3.63) is 226 Å². The Morgan fingerprint density at radius 3 is 1.18 bits per heavy atom. The van der Waals surface area contributed by atoms with Gasteiger partial charge in [0.15, 0.2) is 6.29 Å². The Hall–Kier alpha value is -5.77. The zero-order valence-corrected chi connectivity index (χ0v) is 38.1. The molecule has 6 aromatic rings. The highest BCUT2D eigenvalue weighted by Crippen LogP contribution is 2.38. The van der Waals surface area contributed by atoms with E-state index in [2.05, 4.69) is 10.0 Å². The molecule has 6 aromatic carbocycles. The Bertz CT molecular complexity index is 2390. The van der Waals surface area contributed by atoms with Crippen LogP contribution in [-0.2, 0) is 82.3 Å². The lowest BCUT2D eigenvalue weighted by atomic mass is 9.83. The summed E-state index contributed by atoms with van der Waals surface area (Å²) in [6.45, 7) is 1.27. The molecule has 1 N–H and O–H groups in total. The first-order valence-corrected chi connectivity index (χ1v) is 23.0. The highest BCUT2D eigenvalue weighted by molar-refractivity contribution is 5.19. The van der Waals surface area contributed by atoms with Gasteiger partial charge in [0.25, 0.3) is 0 Å². The predicted molar refractivity (Wildman–Crippen MR) is 254 cm³/mol. The average molecular weight is 922 g/mol. The van der Waals surface area contributed by atoms with E-state index < -0.39 is 67.3 Å².